The Morgan fingerprint density at radius 3 is 2.58 bits per heavy atom. The predicted octanol–water partition coefficient (Wildman–Crippen LogP) is 3.53. The van der Waals surface area contributed by atoms with E-state index < -0.39 is 0 Å². The Kier molecular flexibility index (Phi) is 4.17. The van der Waals surface area contributed by atoms with Crippen molar-refractivity contribution in [1.29, 1.82) is 0 Å². The fraction of sp³-hybridized carbons (Fsp3) is 0.250. The number of nitrogens with one attached hydrogen (secondary N) is 1. The molecule has 0 heterocycles. The van der Waals surface area contributed by atoms with Crippen LogP contribution in [0.15, 0.2) is 36.4 Å². The van der Waals surface area contributed by atoms with Gasteiger partial charge in [-0.25, -0.2) is 4.39 Å². The molecule has 2 aromatic carbocycles. The van der Waals surface area contributed by atoms with Gasteiger partial charge in [0.15, 0.2) is 11.6 Å². The largest absolute Gasteiger partial charge is 0.494 e. The molecule has 2 nitrogen and oxygen atoms in total. The minimum Gasteiger partial charge on any atom is -0.494 e. The Bertz CT molecular complexity index is 581. The molecule has 0 saturated carbocycles. The van der Waals surface area contributed by atoms with E-state index in [0.29, 0.717) is 5.56 Å². The van der Waals surface area contributed by atoms with Gasteiger partial charge in [-0.3, -0.25) is 0 Å². The first-order chi connectivity index (χ1) is 9.17. The van der Waals surface area contributed by atoms with Crippen LogP contribution in [0.25, 0.3) is 11.1 Å². The summed E-state index contributed by atoms with van der Waals surface area (Å²) in [5.74, 6) is -0.0364. The van der Waals surface area contributed by atoms with E-state index >= 15 is 0 Å². The maximum atomic E-state index is 14.2. The van der Waals surface area contributed by atoms with Gasteiger partial charge >= 0.3 is 0 Å². The molecule has 0 aliphatic rings. The maximum Gasteiger partial charge on any atom is 0.172 e. The summed E-state index contributed by atoms with van der Waals surface area (Å²) >= 11 is 0. The van der Waals surface area contributed by atoms with Gasteiger partial charge in [-0.15, -0.1) is 0 Å². The molecule has 0 fully saturated rings. The monoisotopic (exact) mass is 259 g/mol. The molecule has 0 atom stereocenters. The van der Waals surface area contributed by atoms with Gasteiger partial charge in [0.05, 0.1) is 7.11 Å². The number of hydrogen-bond donors (Lipinski definition) is 1. The minimum absolute atomic E-state index is 0.274. The number of ether oxygens (including phenoxy) is 1. The van der Waals surface area contributed by atoms with Gasteiger partial charge in [-0.05, 0) is 36.7 Å². The molecule has 0 saturated heterocycles. The van der Waals surface area contributed by atoms with Crippen molar-refractivity contribution in [2.24, 2.45) is 0 Å². The lowest BCUT2D eigenvalue weighted by molar-refractivity contribution is 0.387. The molecule has 19 heavy (non-hydrogen) atoms. The van der Waals surface area contributed by atoms with E-state index in [1.165, 1.54) is 12.7 Å². The molecule has 0 radical (unpaired) electrons. The van der Waals surface area contributed by atoms with Crippen LogP contribution in [0.5, 0.6) is 5.75 Å². The minimum atomic E-state index is -0.311. The summed E-state index contributed by atoms with van der Waals surface area (Å²) in [6.07, 6.45) is 0. The van der Waals surface area contributed by atoms with Crippen molar-refractivity contribution in [3.63, 3.8) is 0 Å². The van der Waals surface area contributed by atoms with Gasteiger partial charge in [0.2, 0.25) is 0 Å². The van der Waals surface area contributed by atoms with Crippen molar-refractivity contribution in [3.05, 3.63) is 53.3 Å². The lowest BCUT2D eigenvalue weighted by Crippen LogP contribution is -2.05. The zero-order valence-corrected chi connectivity index (χ0v) is 11.5. The number of aryl methyl sites for hydroxylation is 1. The maximum absolute atomic E-state index is 14.2. The number of hydrogen-bond acceptors (Lipinski definition) is 2. The van der Waals surface area contributed by atoms with E-state index in [2.05, 4.69) is 11.4 Å². The Balaban J connectivity index is 2.47. The molecular weight excluding hydrogens is 241 g/mol. The van der Waals surface area contributed by atoms with Crippen LogP contribution < -0.4 is 10.1 Å². The Labute approximate surface area is 113 Å². The van der Waals surface area contributed by atoms with Gasteiger partial charge < -0.3 is 10.1 Å². The highest BCUT2D eigenvalue weighted by Crippen LogP contribution is 2.31. The van der Waals surface area contributed by atoms with Crippen molar-refractivity contribution in [2.45, 2.75) is 13.5 Å². The quantitative estimate of drug-likeness (QED) is 0.907. The van der Waals surface area contributed by atoms with Crippen LogP contribution in [0.3, 0.4) is 0 Å². The fourth-order valence-electron chi connectivity index (χ4n) is 2.22. The predicted molar refractivity (Wildman–Crippen MR) is 75.9 cm³/mol. The number of methoxy groups -OCH3 is 1. The van der Waals surface area contributed by atoms with Crippen LogP contribution in [0.1, 0.15) is 11.1 Å². The molecular formula is C16H18FNO. The highest BCUT2D eigenvalue weighted by Gasteiger charge is 2.12. The fourth-order valence-corrected chi connectivity index (χ4v) is 2.22. The highest BCUT2D eigenvalue weighted by molar-refractivity contribution is 5.69. The zero-order chi connectivity index (χ0) is 13.8. The average Bonchev–Trinajstić information content (AvgIpc) is 2.40. The molecule has 3 heteroatoms. The Morgan fingerprint density at radius 1 is 1.16 bits per heavy atom. The van der Waals surface area contributed by atoms with E-state index in [4.69, 9.17) is 4.74 Å². The van der Waals surface area contributed by atoms with Gasteiger partial charge in [-0.1, -0.05) is 30.3 Å². The average molecular weight is 259 g/mol. The van der Waals surface area contributed by atoms with E-state index in [1.54, 1.807) is 18.2 Å². The number of benzene rings is 2. The third kappa shape index (κ3) is 2.76. The molecule has 0 unspecified atom stereocenters. The second kappa shape index (κ2) is 5.85. The summed E-state index contributed by atoms with van der Waals surface area (Å²) in [6, 6.07) is 11.3. The molecule has 0 aliphatic heterocycles. The zero-order valence-electron chi connectivity index (χ0n) is 11.5. The standard InChI is InChI=1S/C16H18FNO/c1-11-9-12(10-18-2)7-8-13(11)14-5-4-6-15(19-3)16(14)17/h4-9,18H,10H2,1-3H3. The highest BCUT2D eigenvalue weighted by atomic mass is 19.1. The third-order valence-electron chi connectivity index (χ3n) is 3.15. The van der Waals surface area contributed by atoms with E-state index in [1.807, 2.05) is 26.1 Å². The van der Waals surface area contributed by atoms with Crippen LogP contribution in [0.4, 0.5) is 4.39 Å². The molecule has 0 aromatic heterocycles. The number of rotatable bonds is 4. The molecule has 2 aromatic rings. The lowest BCUT2D eigenvalue weighted by Gasteiger charge is -2.11. The topological polar surface area (TPSA) is 21.3 Å². The van der Waals surface area contributed by atoms with Crippen LogP contribution in [0, 0.1) is 12.7 Å². The first-order valence-corrected chi connectivity index (χ1v) is 6.24. The second-order valence-electron chi connectivity index (χ2n) is 4.50. The first-order valence-electron chi connectivity index (χ1n) is 6.24. The Morgan fingerprint density at radius 2 is 1.95 bits per heavy atom. The molecule has 0 amide bonds. The van der Waals surface area contributed by atoms with Gasteiger partial charge in [-0.2, -0.15) is 0 Å². The van der Waals surface area contributed by atoms with E-state index in [9.17, 15) is 4.39 Å². The number of halogens is 1. The molecule has 1 N–H and O–H groups in total. The third-order valence-corrected chi connectivity index (χ3v) is 3.15. The summed E-state index contributed by atoms with van der Waals surface area (Å²) in [5.41, 5.74) is 3.72. The first kappa shape index (κ1) is 13.6. The van der Waals surface area contributed by atoms with E-state index in [0.717, 1.165) is 17.7 Å². The summed E-state index contributed by atoms with van der Waals surface area (Å²) in [7, 11) is 3.38. The Hall–Kier alpha value is -1.87. The molecule has 100 valence electrons. The lowest BCUT2D eigenvalue weighted by atomic mass is 9.97. The van der Waals surface area contributed by atoms with E-state index in [-0.39, 0.29) is 11.6 Å². The van der Waals surface area contributed by atoms with Crippen LogP contribution in [-0.2, 0) is 6.54 Å². The normalized spacial score (nSPS) is 10.5. The molecule has 0 spiro atoms. The van der Waals surface area contributed by atoms with Crippen molar-refractivity contribution in [1.82, 2.24) is 5.32 Å². The summed E-state index contributed by atoms with van der Waals surface area (Å²) in [4.78, 5) is 0. The smallest absolute Gasteiger partial charge is 0.172 e. The molecule has 0 bridgehead atoms. The van der Waals surface area contributed by atoms with Crippen molar-refractivity contribution in [2.75, 3.05) is 14.2 Å². The molecule has 2 rings (SSSR count). The molecule has 0 aliphatic carbocycles. The SMILES string of the molecule is CNCc1ccc(-c2cccc(OC)c2F)c(C)c1. The summed E-state index contributed by atoms with van der Waals surface area (Å²) in [6.45, 7) is 2.80. The van der Waals surface area contributed by atoms with Gasteiger partial charge in [0.1, 0.15) is 0 Å². The summed E-state index contributed by atoms with van der Waals surface area (Å²) < 4.78 is 19.3. The van der Waals surface area contributed by atoms with Crippen LogP contribution in [-0.4, -0.2) is 14.2 Å². The van der Waals surface area contributed by atoms with Gasteiger partial charge in [0, 0.05) is 12.1 Å². The summed E-state index contributed by atoms with van der Waals surface area (Å²) in [5, 5.41) is 3.11. The van der Waals surface area contributed by atoms with Crippen molar-refractivity contribution in [3.8, 4) is 16.9 Å². The van der Waals surface area contributed by atoms with Crippen molar-refractivity contribution >= 4 is 0 Å². The second-order valence-corrected chi connectivity index (χ2v) is 4.50. The van der Waals surface area contributed by atoms with Crippen molar-refractivity contribution < 1.29 is 9.13 Å². The van der Waals surface area contributed by atoms with Crippen LogP contribution >= 0.6 is 0 Å². The van der Waals surface area contributed by atoms with Crippen LogP contribution in [0.2, 0.25) is 0 Å². The van der Waals surface area contributed by atoms with Gasteiger partial charge in [0.25, 0.3) is 0 Å².